The molecule has 0 saturated carbocycles. The average Bonchev–Trinajstić information content (AvgIpc) is 2.88. The Kier molecular flexibility index (Phi) is 4.90. The molecule has 2 aromatic rings. The number of hydrogen-bond donors (Lipinski definition) is 2. The third-order valence-corrected chi connectivity index (χ3v) is 2.99. The number of aryl methyl sites for hydroxylation is 2. The highest BCUT2D eigenvalue weighted by Crippen LogP contribution is 2.20. The fraction of sp³-hybridized carbons (Fsp3) is 0.267. The maximum absolute atomic E-state index is 12.0. The summed E-state index contributed by atoms with van der Waals surface area (Å²) in [7, 11) is 1.46. The number of nitrogens with one attached hydrogen (secondary N) is 2. The highest BCUT2D eigenvalue weighted by Gasteiger charge is 2.14. The molecule has 22 heavy (non-hydrogen) atoms. The first-order valence-electron chi connectivity index (χ1n) is 6.62. The van der Waals surface area contributed by atoms with Gasteiger partial charge >= 0.3 is 0 Å². The third kappa shape index (κ3) is 3.70. The van der Waals surface area contributed by atoms with Crippen molar-refractivity contribution in [3.63, 3.8) is 0 Å². The van der Waals surface area contributed by atoms with E-state index in [0.717, 1.165) is 5.56 Å². The molecule has 0 spiro atoms. The van der Waals surface area contributed by atoms with Crippen molar-refractivity contribution in [1.29, 1.82) is 0 Å². The number of nitrogens with zero attached hydrogens (tertiary/aromatic N) is 1. The Morgan fingerprint density at radius 2 is 2.05 bits per heavy atom. The molecular formula is C15H17N3O4. The topological polar surface area (TPSA) is 93.5 Å². The molecule has 0 radical (unpaired) electrons. The molecule has 2 amide bonds. The second-order valence-electron chi connectivity index (χ2n) is 4.72. The van der Waals surface area contributed by atoms with E-state index < -0.39 is 0 Å². The lowest BCUT2D eigenvalue weighted by atomic mass is 10.1. The smallest absolute Gasteiger partial charge is 0.277 e. The van der Waals surface area contributed by atoms with Crippen LogP contribution in [0.15, 0.2) is 29.0 Å². The van der Waals surface area contributed by atoms with E-state index in [1.807, 2.05) is 6.92 Å². The van der Waals surface area contributed by atoms with E-state index in [1.54, 1.807) is 25.1 Å². The molecule has 7 heteroatoms. The number of ether oxygens (including phenoxy) is 1. The first-order chi connectivity index (χ1) is 10.5. The van der Waals surface area contributed by atoms with Crippen molar-refractivity contribution >= 4 is 23.2 Å². The van der Waals surface area contributed by atoms with Crippen LogP contribution in [-0.2, 0) is 9.53 Å². The summed E-state index contributed by atoms with van der Waals surface area (Å²) in [5, 5.41) is 5.46. The first kappa shape index (κ1) is 15.7. The highest BCUT2D eigenvalue weighted by molar-refractivity contribution is 6.03. The summed E-state index contributed by atoms with van der Waals surface area (Å²) >= 11 is 0. The van der Waals surface area contributed by atoms with Gasteiger partial charge in [-0.1, -0.05) is 0 Å². The van der Waals surface area contributed by atoms with Crippen LogP contribution in [0.3, 0.4) is 0 Å². The van der Waals surface area contributed by atoms with Gasteiger partial charge in [0.15, 0.2) is 12.1 Å². The molecule has 0 bridgehead atoms. The standard InChI is InChI=1S/C15H17N3O4/c1-9-6-11(4-5-12(9)18-13(19)7-21-3)17-15(20)14-10(2)22-8-16-14/h4-6,8H,7H2,1-3H3,(H,17,20)(H,18,19). The lowest BCUT2D eigenvalue weighted by Gasteiger charge is -2.10. The van der Waals surface area contributed by atoms with Gasteiger partial charge in [0.05, 0.1) is 0 Å². The van der Waals surface area contributed by atoms with Gasteiger partial charge in [0.1, 0.15) is 12.4 Å². The second kappa shape index (κ2) is 6.86. The lowest BCUT2D eigenvalue weighted by Crippen LogP contribution is -2.18. The molecule has 1 heterocycles. The molecule has 0 saturated heterocycles. The van der Waals surface area contributed by atoms with Gasteiger partial charge in [0.2, 0.25) is 5.91 Å². The van der Waals surface area contributed by atoms with Gasteiger partial charge in [-0.25, -0.2) is 4.98 Å². The van der Waals surface area contributed by atoms with Crippen LogP contribution in [0.25, 0.3) is 0 Å². The largest absolute Gasteiger partial charge is 0.448 e. The van der Waals surface area contributed by atoms with Gasteiger partial charge in [-0.05, 0) is 37.6 Å². The molecule has 0 aliphatic carbocycles. The van der Waals surface area contributed by atoms with Gasteiger partial charge in [0, 0.05) is 18.5 Å². The quantitative estimate of drug-likeness (QED) is 0.882. The number of carbonyl (C=O) groups excluding carboxylic acids is 2. The van der Waals surface area contributed by atoms with E-state index in [0.29, 0.717) is 17.1 Å². The van der Waals surface area contributed by atoms with Crippen molar-refractivity contribution in [1.82, 2.24) is 4.98 Å². The Morgan fingerprint density at radius 1 is 1.27 bits per heavy atom. The number of methoxy groups -OCH3 is 1. The summed E-state index contributed by atoms with van der Waals surface area (Å²) in [5.74, 6) is -0.125. The molecule has 0 unspecified atom stereocenters. The van der Waals surface area contributed by atoms with E-state index in [-0.39, 0.29) is 24.1 Å². The number of benzene rings is 1. The van der Waals surface area contributed by atoms with Crippen molar-refractivity contribution in [2.75, 3.05) is 24.4 Å². The molecule has 116 valence electrons. The fourth-order valence-corrected chi connectivity index (χ4v) is 1.91. The molecule has 2 rings (SSSR count). The van der Waals surface area contributed by atoms with Crippen LogP contribution in [0, 0.1) is 13.8 Å². The summed E-state index contributed by atoms with van der Waals surface area (Å²) in [6, 6.07) is 5.17. The third-order valence-electron chi connectivity index (χ3n) is 2.99. The van der Waals surface area contributed by atoms with Crippen molar-refractivity contribution < 1.29 is 18.7 Å². The molecule has 0 aliphatic rings. The number of anilines is 2. The summed E-state index contributed by atoms with van der Waals surface area (Å²) in [5.41, 5.74) is 2.33. The zero-order chi connectivity index (χ0) is 16.1. The number of rotatable bonds is 5. The van der Waals surface area contributed by atoms with Crippen LogP contribution < -0.4 is 10.6 Å². The molecule has 0 atom stereocenters. The molecular weight excluding hydrogens is 286 g/mol. The molecule has 2 N–H and O–H groups in total. The van der Waals surface area contributed by atoms with E-state index >= 15 is 0 Å². The van der Waals surface area contributed by atoms with Gasteiger partial charge in [0.25, 0.3) is 5.91 Å². The van der Waals surface area contributed by atoms with Crippen LogP contribution in [0.5, 0.6) is 0 Å². The summed E-state index contributed by atoms with van der Waals surface area (Å²) < 4.78 is 9.76. The van der Waals surface area contributed by atoms with E-state index in [1.165, 1.54) is 13.5 Å². The normalized spacial score (nSPS) is 10.3. The Hall–Kier alpha value is -2.67. The minimum absolute atomic E-state index is 0.0106. The monoisotopic (exact) mass is 303 g/mol. The molecule has 0 aliphatic heterocycles. The minimum atomic E-state index is -0.346. The van der Waals surface area contributed by atoms with Crippen LogP contribution >= 0.6 is 0 Å². The maximum Gasteiger partial charge on any atom is 0.277 e. The fourth-order valence-electron chi connectivity index (χ4n) is 1.91. The van der Waals surface area contributed by atoms with E-state index in [2.05, 4.69) is 15.6 Å². The van der Waals surface area contributed by atoms with E-state index in [9.17, 15) is 9.59 Å². The molecule has 1 aromatic carbocycles. The van der Waals surface area contributed by atoms with E-state index in [4.69, 9.17) is 9.15 Å². The summed E-state index contributed by atoms with van der Waals surface area (Å²) in [6.45, 7) is 3.49. The van der Waals surface area contributed by atoms with Crippen LogP contribution in [0.2, 0.25) is 0 Å². The average molecular weight is 303 g/mol. The Balaban J connectivity index is 2.08. The maximum atomic E-state index is 12.0. The lowest BCUT2D eigenvalue weighted by molar-refractivity contribution is -0.119. The van der Waals surface area contributed by atoms with Gasteiger partial charge in [-0.15, -0.1) is 0 Å². The first-order valence-corrected chi connectivity index (χ1v) is 6.62. The minimum Gasteiger partial charge on any atom is -0.448 e. The number of hydrogen-bond acceptors (Lipinski definition) is 5. The Labute approximate surface area is 127 Å². The Morgan fingerprint density at radius 3 is 2.64 bits per heavy atom. The predicted octanol–water partition coefficient (Wildman–Crippen LogP) is 2.13. The Bertz CT molecular complexity index is 694. The van der Waals surface area contributed by atoms with Gasteiger partial charge in [-0.2, -0.15) is 0 Å². The zero-order valence-electron chi connectivity index (χ0n) is 12.6. The van der Waals surface area contributed by atoms with Crippen molar-refractivity contribution in [2.45, 2.75) is 13.8 Å². The molecule has 7 nitrogen and oxygen atoms in total. The zero-order valence-corrected chi connectivity index (χ0v) is 12.6. The van der Waals surface area contributed by atoms with Crippen molar-refractivity contribution in [3.05, 3.63) is 41.6 Å². The van der Waals surface area contributed by atoms with Crippen LogP contribution in [-0.4, -0.2) is 30.5 Å². The number of amides is 2. The second-order valence-corrected chi connectivity index (χ2v) is 4.72. The SMILES string of the molecule is COCC(=O)Nc1ccc(NC(=O)c2ncoc2C)cc1C. The van der Waals surface area contributed by atoms with Crippen molar-refractivity contribution in [2.24, 2.45) is 0 Å². The van der Waals surface area contributed by atoms with Gasteiger partial charge < -0.3 is 19.8 Å². The van der Waals surface area contributed by atoms with Gasteiger partial charge in [-0.3, -0.25) is 9.59 Å². The number of oxazole rings is 1. The highest BCUT2D eigenvalue weighted by atomic mass is 16.5. The molecule has 1 aromatic heterocycles. The van der Waals surface area contributed by atoms with Crippen LogP contribution in [0.1, 0.15) is 21.8 Å². The number of carbonyl (C=O) groups is 2. The predicted molar refractivity (Wildman–Crippen MR) is 80.9 cm³/mol. The number of aromatic nitrogens is 1. The molecule has 0 fully saturated rings. The van der Waals surface area contributed by atoms with Crippen molar-refractivity contribution in [3.8, 4) is 0 Å². The van der Waals surface area contributed by atoms with Crippen LogP contribution in [0.4, 0.5) is 11.4 Å². The summed E-state index contributed by atoms with van der Waals surface area (Å²) in [6.07, 6.45) is 1.23. The summed E-state index contributed by atoms with van der Waals surface area (Å²) in [4.78, 5) is 27.4.